The van der Waals surface area contributed by atoms with E-state index in [2.05, 4.69) is 103 Å². The van der Waals surface area contributed by atoms with E-state index in [1.807, 2.05) is 12.1 Å². The molecule has 1 N–H and O–H groups in total. The third-order valence-electron chi connectivity index (χ3n) is 8.47. The Morgan fingerprint density at radius 1 is 0.689 bits per heavy atom. The van der Waals surface area contributed by atoms with Crippen molar-refractivity contribution in [2.75, 3.05) is 11.9 Å². The van der Waals surface area contributed by atoms with E-state index in [1.165, 1.54) is 0 Å². The second-order valence-electron chi connectivity index (χ2n) is 11.4. The monoisotopic (exact) mass is 609 g/mol. The molecular formula is C40H34ClN2O2+. The Bertz CT molecular complexity index is 2220. The van der Waals surface area contributed by atoms with Crippen LogP contribution in [0.5, 0.6) is 5.75 Å². The average molecular weight is 610 g/mol. The summed E-state index contributed by atoms with van der Waals surface area (Å²) in [5.41, 5.74) is 5.82. The number of nitrogens with zero attached hydrogens (tertiary/aromatic N) is 1. The van der Waals surface area contributed by atoms with Crippen molar-refractivity contribution < 1.29 is 14.1 Å². The molecule has 0 spiro atoms. The lowest BCUT2D eigenvalue weighted by Gasteiger charge is -2.20. The van der Waals surface area contributed by atoms with E-state index in [-0.39, 0.29) is 0 Å². The lowest BCUT2D eigenvalue weighted by atomic mass is 9.88. The molecule has 0 aliphatic carbocycles. The van der Waals surface area contributed by atoms with Gasteiger partial charge in [0.2, 0.25) is 11.0 Å². The molecule has 45 heavy (non-hydrogen) atoms. The zero-order valence-electron chi connectivity index (χ0n) is 25.4. The minimum absolute atomic E-state index is 0.424. The van der Waals surface area contributed by atoms with E-state index in [4.69, 9.17) is 16.3 Å². The number of halogens is 1. The number of esters is 1. The Morgan fingerprint density at radius 2 is 1.38 bits per heavy atom. The van der Waals surface area contributed by atoms with Crippen molar-refractivity contribution in [1.82, 2.24) is 0 Å². The van der Waals surface area contributed by atoms with Crippen molar-refractivity contribution in [2.45, 2.75) is 33.2 Å². The summed E-state index contributed by atoms with van der Waals surface area (Å²) in [6.07, 6.45) is 1.94. The van der Waals surface area contributed by atoms with Gasteiger partial charge in [0.1, 0.15) is 12.3 Å². The molecule has 0 unspecified atom stereocenters. The molecule has 0 fully saturated rings. The molecule has 0 amide bonds. The molecule has 1 aromatic heterocycles. The van der Waals surface area contributed by atoms with Crippen molar-refractivity contribution in [3.63, 3.8) is 0 Å². The molecule has 7 aromatic rings. The van der Waals surface area contributed by atoms with Gasteiger partial charge in [-0.2, -0.15) is 4.57 Å². The fraction of sp³-hybridized carbons (Fsp3) is 0.150. The number of anilines is 1. The van der Waals surface area contributed by atoms with Crippen LogP contribution in [0.3, 0.4) is 0 Å². The summed E-state index contributed by atoms with van der Waals surface area (Å²) in [6.45, 7) is 6.03. The summed E-state index contributed by atoms with van der Waals surface area (Å²) in [5.74, 6) is 0.101. The highest BCUT2D eigenvalue weighted by Crippen LogP contribution is 2.47. The number of aryl methyl sites for hydroxylation is 1. The number of nitrogens with one attached hydrogen (secondary N) is 1. The quantitative estimate of drug-likeness (QED) is 0.0612. The molecule has 4 nitrogen and oxygen atoms in total. The SMILES string of the molecule is CCCNc1ccc2ccccc2c1-c1c2c(OC(=O)c3ccc(Cl)cc3)cccc2[n+](CCC)c2ccc3ccccc3c12. The van der Waals surface area contributed by atoms with Gasteiger partial charge in [-0.25, -0.2) is 4.79 Å². The first-order valence-corrected chi connectivity index (χ1v) is 16.0. The third kappa shape index (κ3) is 5.15. The highest BCUT2D eigenvalue weighted by atomic mass is 35.5. The number of pyridine rings is 1. The van der Waals surface area contributed by atoms with E-state index in [0.717, 1.165) is 86.1 Å². The number of carbonyl (C=O) groups excluding carboxylic acids is 1. The number of ether oxygens (including phenoxy) is 1. The van der Waals surface area contributed by atoms with E-state index < -0.39 is 5.97 Å². The Hall–Kier alpha value is -4.93. The van der Waals surface area contributed by atoms with Crippen molar-refractivity contribution >= 4 is 66.6 Å². The number of hydrogen-bond donors (Lipinski definition) is 1. The van der Waals surface area contributed by atoms with Crippen LogP contribution >= 0.6 is 11.6 Å². The van der Waals surface area contributed by atoms with Crippen LogP contribution < -0.4 is 14.6 Å². The highest BCUT2D eigenvalue weighted by Gasteiger charge is 2.28. The second-order valence-corrected chi connectivity index (χ2v) is 11.8. The largest absolute Gasteiger partial charge is 0.422 e. The van der Waals surface area contributed by atoms with Crippen LogP contribution in [0.4, 0.5) is 5.69 Å². The van der Waals surface area contributed by atoms with Gasteiger partial charge in [0.25, 0.3) is 0 Å². The Labute approximate surface area is 267 Å². The van der Waals surface area contributed by atoms with Gasteiger partial charge in [0, 0.05) is 46.9 Å². The third-order valence-corrected chi connectivity index (χ3v) is 8.72. The lowest BCUT2D eigenvalue weighted by Crippen LogP contribution is -2.35. The molecule has 5 heteroatoms. The topological polar surface area (TPSA) is 42.2 Å². The summed E-state index contributed by atoms with van der Waals surface area (Å²) >= 11 is 6.13. The van der Waals surface area contributed by atoms with Crippen molar-refractivity contribution in [2.24, 2.45) is 0 Å². The van der Waals surface area contributed by atoms with Gasteiger partial charge in [-0.05, 0) is 70.4 Å². The first-order chi connectivity index (χ1) is 22.1. The van der Waals surface area contributed by atoms with Gasteiger partial charge < -0.3 is 10.1 Å². The lowest BCUT2D eigenvalue weighted by molar-refractivity contribution is -0.645. The van der Waals surface area contributed by atoms with Crippen molar-refractivity contribution in [1.29, 1.82) is 0 Å². The van der Waals surface area contributed by atoms with E-state index in [1.54, 1.807) is 24.3 Å². The Morgan fingerprint density at radius 3 is 2.13 bits per heavy atom. The molecule has 0 radical (unpaired) electrons. The molecule has 6 aromatic carbocycles. The number of benzene rings is 6. The van der Waals surface area contributed by atoms with Crippen LogP contribution in [0.25, 0.3) is 54.5 Å². The van der Waals surface area contributed by atoms with E-state index in [9.17, 15) is 4.79 Å². The number of carbonyl (C=O) groups is 1. The first-order valence-electron chi connectivity index (χ1n) is 15.6. The van der Waals surface area contributed by atoms with Crippen molar-refractivity contribution in [3.05, 3.63) is 126 Å². The molecule has 7 rings (SSSR count). The van der Waals surface area contributed by atoms with Gasteiger partial charge in [0.15, 0.2) is 0 Å². The number of aromatic nitrogens is 1. The fourth-order valence-corrected chi connectivity index (χ4v) is 6.62. The molecule has 1 heterocycles. The van der Waals surface area contributed by atoms with Crippen LogP contribution in [0.15, 0.2) is 115 Å². The van der Waals surface area contributed by atoms with Gasteiger partial charge in [-0.1, -0.05) is 86.1 Å². The predicted octanol–water partition coefficient (Wildman–Crippen LogP) is 10.4. The fourth-order valence-electron chi connectivity index (χ4n) is 6.49. The maximum Gasteiger partial charge on any atom is 0.343 e. The summed E-state index contributed by atoms with van der Waals surface area (Å²) in [5, 5.41) is 11.0. The molecule has 0 aliphatic heterocycles. The number of rotatable bonds is 8. The first kappa shape index (κ1) is 28.8. The van der Waals surface area contributed by atoms with Gasteiger partial charge >= 0.3 is 5.97 Å². The Balaban J connectivity index is 1.67. The van der Waals surface area contributed by atoms with E-state index >= 15 is 0 Å². The molecule has 0 bridgehead atoms. The van der Waals surface area contributed by atoms with Gasteiger partial charge in [0.05, 0.1) is 16.3 Å². The molecule has 0 atom stereocenters. The molecule has 0 saturated heterocycles. The predicted molar refractivity (Wildman–Crippen MR) is 188 cm³/mol. The van der Waals surface area contributed by atoms with Crippen LogP contribution in [-0.4, -0.2) is 12.5 Å². The number of hydrogen-bond acceptors (Lipinski definition) is 3. The zero-order valence-corrected chi connectivity index (χ0v) is 26.2. The van der Waals surface area contributed by atoms with Gasteiger partial charge in [-0.15, -0.1) is 0 Å². The van der Waals surface area contributed by atoms with E-state index in [0.29, 0.717) is 16.3 Å². The van der Waals surface area contributed by atoms with Crippen LogP contribution in [0, 0.1) is 0 Å². The summed E-state index contributed by atoms with van der Waals surface area (Å²) in [4.78, 5) is 13.6. The average Bonchev–Trinajstić information content (AvgIpc) is 3.07. The van der Waals surface area contributed by atoms with Crippen LogP contribution in [-0.2, 0) is 6.54 Å². The summed E-state index contributed by atoms with van der Waals surface area (Å²) in [6, 6.07) is 38.8. The minimum atomic E-state index is -0.424. The van der Waals surface area contributed by atoms with Crippen LogP contribution in [0.2, 0.25) is 5.02 Å². The smallest absolute Gasteiger partial charge is 0.343 e. The van der Waals surface area contributed by atoms with Crippen LogP contribution in [0.1, 0.15) is 37.0 Å². The Kier molecular flexibility index (Phi) is 7.83. The zero-order chi connectivity index (χ0) is 30.9. The highest BCUT2D eigenvalue weighted by molar-refractivity contribution is 6.30. The summed E-state index contributed by atoms with van der Waals surface area (Å²) < 4.78 is 8.71. The standard InChI is InChI=1S/C40H33ClN2O2/c1-3-24-42-32-22-18-26-10-5-7-12-30(26)36(32)39-37-31-13-8-6-11-27(31)19-23-34(37)43(25-4-2)33-14-9-15-35(38(33)39)45-40(44)28-16-20-29(41)21-17-28/h5-23H,3-4,24-25H2,1-2H3/p+1. The molecule has 0 aliphatic rings. The minimum Gasteiger partial charge on any atom is -0.422 e. The number of fused-ring (bicyclic) bond motifs is 5. The molecular weight excluding hydrogens is 576 g/mol. The van der Waals surface area contributed by atoms with Gasteiger partial charge in [-0.3, -0.25) is 0 Å². The molecule has 222 valence electrons. The maximum absolute atomic E-state index is 13.6. The molecule has 0 saturated carbocycles. The second kappa shape index (κ2) is 12.2. The maximum atomic E-state index is 13.6. The normalized spacial score (nSPS) is 11.4. The summed E-state index contributed by atoms with van der Waals surface area (Å²) in [7, 11) is 0. The van der Waals surface area contributed by atoms with Crippen molar-refractivity contribution in [3.8, 4) is 16.9 Å².